The van der Waals surface area contributed by atoms with Gasteiger partial charge in [0.1, 0.15) is 4.47 Å². The normalized spacial score (nSPS) is 12.5. The second kappa shape index (κ2) is 6.79. The van der Waals surface area contributed by atoms with E-state index in [1.54, 1.807) is 6.20 Å². The lowest BCUT2D eigenvalue weighted by Crippen LogP contribution is -2.25. The van der Waals surface area contributed by atoms with Gasteiger partial charge in [-0.05, 0) is 28.3 Å². The van der Waals surface area contributed by atoms with Gasteiger partial charge in [0.15, 0.2) is 0 Å². The number of aromatic nitrogens is 2. The summed E-state index contributed by atoms with van der Waals surface area (Å²) in [5.41, 5.74) is 0.712. The molecule has 0 aromatic carbocycles. The van der Waals surface area contributed by atoms with Crippen LogP contribution in [-0.4, -0.2) is 16.3 Å². The van der Waals surface area contributed by atoms with Gasteiger partial charge in [0, 0.05) is 13.1 Å². The summed E-state index contributed by atoms with van der Waals surface area (Å²) in [6.45, 7) is 7.86. The fraction of sp³-hybridized carbons (Fsp3) is 0.667. The van der Waals surface area contributed by atoms with Crippen molar-refractivity contribution in [2.24, 2.45) is 5.92 Å². The molecule has 1 N–H and O–H groups in total. The molecule has 17 heavy (non-hydrogen) atoms. The maximum absolute atomic E-state index is 11.9. The highest BCUT2D eigenvalue weighted by Crippen LogP contribution is 2.16. The third-order valence-corrected chi connectivity index (χ3v) is 3.52. The highest BCUT2D eigenvalue weighted by molar-refractivity contribution is 9.10. The van der Waals surface area contributed by atoms with Crippen LogP contribution in [0.5, 0.6) is 0 Å². The van der Waals surface area contributed by atoms with E-state index in [1.165, 1.54) is 4.68 Å². The van der Waals surface area contributed by atoms with Crippen LogP contribution < -0.4 is 10.9 Å². The largest absolute Gasteiger partial charge is 0.382 e. The Balaban J connectivity index is 2.82. The molecule has 1 heterocycles. The Morgan fingerprint density at radius 1 is 1.53 bits per heavy atom. The van der Waals surface area contributed by atoms with Crippen molar-refractivity contribution in [2.45, 2.75) is 40.2 Å². The van der Waals surface area contributed by atoms with Crippen molar-refractivity contribution in [3.63, 3.8) is 0 Å². The molecule has 4 nitrogen and oxygen atoms in total. The van der Waals surface area contributed by atoms with Crippen LogP contribution in [0.15, 0.2) is 15.5 Å². The Morgan fingerprint density at radius 2 is 2.24 bits per heavy atom. The third kappa shape index (κ3) is 3.84. The van der Waals surface area contributed by atoms with Crippen LogP contribution in [0.1, 0.15) is 33.6 Å². The molecule has 0 aliphatic carbocycles. The smallest absolute Gasteiger partial charge is 0.283 e. The Kier molecular flexibility index (Phi) is 5.68. The number of nitrogens with zero attached hydrogens (tertiary/aromatic N) is 2. The highest BCUT2D eigenvalue weighted by atomic mass is 79.9. The van der Waals surface area contributed by atoms with Crippen LogP contribution in [0.25, 0.3) is 0 Å². The lowest BCUT2D eigenvalue weighted by atomic mass is 10.1. The first-order valence-corrected chi connectivity index (χ1v) is 6.88. The lowest BCUT2D eigenvalue weighted by molar-refractivity contribution is 0.563. The first kappa shape index (κ1) is 14.2. The van der Waals surface area contributed by atoms with Gasteiger partial charge >= 0.3 is 0 Å². The fourth-order valence-electron chi connectivity index (χ4n) is 1.39. The Hall–Kier alpha value is -0.840. The number of anilines is 1. The predicted octanol–water partition coefficient (Wildman–Crippen LogP) is 2.87. The van der Waals surface area contributed by atoms with E-state index in [9.17, 15) is 4.79 Å². The van der Waals surface area contributed by atoms with Gasteiger partial charge in [0.05, 0.1) is 11.9 Å². The molecule has 0 fully saturated rings. The minimum Gasteiger partial charge on any atom is -0.382 e. The summed E-state index contributed by atoms with van der Waals surface area (Å²) in [6, 6.07) is 0. The van der Waals surface area contributed by atoms with Gasteiger partial charge in [0.25, 0.3) is 5.56 Å². The SMILES string of the molecule is CCCn1ncc(NCC(C)CC)c(Br)c1=O. The minimum absolute atomic E-state index is 0.0685. The van der Waals surface area contributed by atoms with Gasteiger partial charge in [-0.3, -0.25) is 4.79 Å². The number of hydrogen-bond donors (Lipinski definition) is 1. The van der Waals surface area contributed by atoms with Gasteiger partial charge in [-0.15, -0.1) is 0 Å². The van der Waals surface area contributed by atoms with Gasteiger partial charge in [-0.25, -0.2) is 4.68 Å². The quantitative estimate of drug-likeness (QED) is 0.879. The number of aryl methyl sites for hydroxylation is 1. The van der Waals surface area contributed by atoms with Crippen molar-refractivity contribution < 1.29 is 0 Å². The van der Waals surface area contributed by atoms with Gasteiger partial charge in [-0.2, -0.15) is 5.10 Å². The van der Waals surface area contributed by atoms with Crippen molar-refractivity contribution in [2.75, 3.05) is 11.9 Å². The lowest BCUT2D eigenvalue weighted by Gasteiger charge is -2.13. The summed E-state index contributed by atoms with van der Waals surface area (Å²) in [7, 11) is 0. The Morgan fingerprint density at radius 3 is 2.82 bits per heavy atom. The summed E-state index contributed by atoms with van der Waals surface area (Å²) in [5, 5.41) is 7.40. The number of rotatable bonds is 6. The van der Waals surface area contributed by atoms with Crippen molar-refractivity contribution >= 4 is 21.6 Å². The molecule has 0 radical (unpaired) electrons. The molecule has 0 bridgehead atoms. The molecule has 1 rings (SSSR count). The summed E-state index contributed by atoms with van der Waals surface area (Å²) in [6.07, 6.45) is 3.73. The van der Waals surface area contributed by atoms with Crippen LogP contribution in [-0.2, 0) is 6.54 Å². The molecular formula is C12H20BrN3O. The standard InChI is InChI=1S/C12H20BrN3O/c1-4-6-16-12(17)11(13)10(8-15-16)14-7-9(3)5-2/h8-9,14H,4-7H2,1-3H3. The van der Waals surface area contributed by atoms with Crippen molar-refractivity contribution in [1.82, 2.24) is 9.78 Å². The summed E-state index contributed by atoms with van der Waals surface area (Å²) in [5.74, 6) is 0.583. The average molecular weight is 302 g/mol. The summed E-state index contributed by atoms with van der Waals surface area (Å²) in [4.78, 5) is 11.9. The van der Waals surface area contributed by atoms with E-state index in [0.29, 0.717) is 16.9 Å². The van der Waals surface area contributed by atoms with Crippen molar-refractivity contribution in [3.05, 3.63) is 21.0 Å². The van der Waals surface area contributed by atoms with Crippen LogP contribution >= 0.6 is 15.9 Å². The molecule has 0 saturated carbocycles. The fourth-order valence-corrected chi connectivity index (χ4v) is 1.84. The molecule has 1 aromatic heterocycles. The van der Waals surface area contributed by atoms with E-state index in [-0.39, 0.29) is 5.56 Å². The molecule has 1 atom stereocenters. The first-order chi connectivity index (χ1) is 8.10. The predicted molar refractivity (Wildman–Crippen MR) is 74.4 cm³/mol. The molecule has 0 spiro atoms. The molecule has 96 valence electrons. The average Bonchev–Trinajstić information content (AvgIpc) is 2.34. The molecule has 1 aromatic rings. The van der Waals surface area contributed by atoms with Gasteiger partial charge in [0.2, 0.25) is 0 Å². The molecule has 0 amide bonds. The van der Waals surface area contributed by atoms with Gasteiger partial charge in [-0.1, -0.05) is 27.2 Å². The summed E-state index contributed by atoms with van der Waals surface area (Å²) >= 11 is 3.34. The van der Waals surface area contributed by atoms with Crippen molar-refractivity contribution in [3.8, 4) is 0 Å². The third-order valence-electron chi connectivity index (χ3n) is 2.76. The zero-order chi connectivity index (χ0) is 12.8. The molecule has 0 aliphatic rings. The molecular weight excluding hydrogens is 282 g/mol. The van der Waals surface area contributed by atoms with E-state index in [0.717, 1.165) is 25.1 Å². The first-order valence-electron chi connectivity index (χ1n) is 6.09. The highest BCUT2D eigenvalue weighted by Gasteiger charge is 2.08. The van der Waals surface area contributed by atoms with E-state index >= 15 is 0 Å². The maximum atomic E-state index is 11.9. The van der Waals surface area contributed by atoms with Crippen LogP contribution in [0.2, 0.25) is 0 Å². The van der Waals surface area contributed by atoms with E-state index < -0.39 is 0 Å². The minimum atomic E-state index is -0.0685. The Labute approximate surface area is 111 Å². The number of halogens is 1. The Bertz CT molecular complexity index is 417. The molecule has 0 aliphatic heterocycles. The van der Waals surface area contributed by atoms with E-state index in [2.05, 4.69) is 40.2 Å². The topological polar surface area (TPSA) is 46.9 Å². The second-order valence-electron chi connectivity index (χ2n) is 4.29. The van der Waals surface area contributed by atoms with Crippen LogP contribution in [0.4, 0.5) is 5.69 Å². The van der Waals surface area contributed by atoms with Crippen LogP contribution in [0.3, 0.4) is 0 Å². The number of hydrogen-bond acceptors (Lipinski definition) is 3. The zero-order valence-corrected chi connectivity index (χ0v) is 12.2. The number of nitrogens with one attached hydrogen (secondary N) is 1. The van der Waals surface area contributed by atoms with Gasteiger partial charge < -0.3 is 5.32 Å². The van der Waals surface area contributed by atoms with Crippen molar-refractivity contribution in [1.29, 1.82) is 0 Å². The maximum Gasteiger partial charge on any atom is 0.283 e. The molecule has 0 saturated heterocycles. The van der Waals surface area contributed by atoms with E-state index in [1.807, 2.05) is 6.92 Å². The molecule has 1 unspecified atom stereocenters. The monoisotopic (exact) mass is 301 g/mol. The summed E-state index contributed by atoms with van der Waals surface area (Å²) < 4.78 is 2.06. The second-order valence-corrected chi connectivity index (χ2v) is 5.09. The zero-order valence-electron chi connectivity index (χ0n) is 10.7. The van der Waals surface area contributed by atoms with Crippen LogP contribution in [0, 0.1) is 5.92 Å². The molecule has 5 heteroatoms. The van der Waals surface area contributed by atoms with E-state index in [4.69, 9.17) is 0 Å².